The maximum atomic E-state index is 12.5. The van der Waals surface area contributed by atoms with Crippen LogP contribution in [0.5, 0.6) is 0 Å². The topological polar surface area (TPSA) is 57.7 Å². The second kappa shape index (κ2) is 5.93. The number of Topliss-reactive ketones (excluding diaryl/α,β-unsaturated/α-hetero) is 1. The Morgan fingerprint density at radius 3 is 2.70 bits per heavy atom. The van der Waals surface area contributed by atoms with Crippen molar-refractivity contribution in [1.29, 1.82) is 0 Å². The van der Waals surface area contributed by atoms with Crippen LogP contribution in [0.15, 0.2) is 11.4 Å². The second-order valence-electron chi connectivity index (χ2n) is 5.28. The van der Waals surface area contributed by atoms with Gasteiger partial charge in [0.2, 0.25) is 0 Å². The zero-order chi connectivity index (χ0) is 14.9. The quantitative estimate of drug-likeness (QED) is 0.795. The fourth-order valence-corrected chi connectivity index (χ4v) is 4.54. The van der Waals surface area contributed by atoms with Gasteiger partial charge in [0.1, 0.15) is 0 Å². The molecular formula is C13H20N2O3S2. The summed E-state index contributed by atoms with van der Waals surface area (Å²) >= 11 is 1.44. The van der Waals surface area contributed by atoms with Crippen LogP contribution in [0, 0.1) is 12.8 Å². The first-order chi connectivity index (χ1) is 9.34. The summed E-state index contributed by atoms with van der Waals surface area (Å²) in [7, 11) is -0.391. The van der Waals surface area contributed by atoms with Crippen molar-refractivity contribution in [2.24, 2.45) is 5.92 Å². The Hall–Kier alpha value is -0.760. The molecule has 0 N–H and O–H groups in total. The lowest BCUT2D eigenvalue weighted by molar-refractivity contribution is 0.0874. The largest absolute Gasteiger partial charge is 0.293 e. The maximum Gasteiger partial charge on any atom is 0.281 e. The van der Waals surface area contributed by atoms with Gasteiger partial charge in [0, 0.05) is 33.1 Å². The van der Waals surface area contributed by atoms with Gasteiger partial charge in [0.25, 0.3) is 10.2 Å². The molecule has 0 spiro atoms. The van der Waals surface area contributed by atoms with Crippen molar-refractivity contribution >= 4 is 27.3 Å². The van der Waals surface area contributed by atoms with E-state index in [4.69, 9.17) is 0 Å². The monoisotopic (exact) mass is 316 g/mol. The first kappa shape index (κ1) is 15.6. The Kier molecular flexibility index (Phi) is 4.63. The average Bonchev–Trinajstić information content (AvgIpc) is 2.84. The minimum absolute atomic E-state index is 0.0798. The summed E-state index contributed by atoms with van der Waals surface area (Å²) in [5.41, 5.74) is 0.979. The van der Waals surface area contributed by atoms with Crippen LogP contribution < -0.4 is 0 Å². The normalized spacial score (nSPS) is 21.3. The van der Waals surface area contributed by atoms with Crippen molar-refractivity contribution < 1.29 is 13.2 Å². The van der Waals surface area contributed by atoms with Crippen LogP contribution in [0.25, 0.3) is 0 Å². The molecule has 1 aliphatic heterocycles. The fraction of sp³-hybridized carbons (Fsp3) is 0.615. The predicted octanol–water partition coefficient (Wildman–Crippen LogP) is 1.76. The van der Waals surface area contributed by atoms with Crippen molar-refractivity contribution in [3.63, 3.8) is 0 Å². The van der Waals surface area contributed by atoms with E-state index in [0.717, 1.165) is 23.3 Å². The first-order valence-corrected chi connectivity index (χ1v) is 8.87. The lowest BCUT2D eigenvalue weighted by atomic mass is 9.93. The van der Waals surface area contributed by atoms with Gasteiger partial charge in [-0.3, -0.25) is 4.79 Å². The molecule has 0 saturated carbocycles. The summed E-state index contributed by atoms with van der Waals surface area (Å²) in [5, 5.41) is 1.90. The van der Waals surface area contributed by atoms with E-state index in [1.807, 2.05) is 18.4 Å². The molecule has 7 heteroatoms. The van der Waals surface area contributed by atoms with Crippen molar-refractivity contribution in [2.75, 3.05) is 27.2 Å². The number of rotatable bonds is 4. The standard InChI is InChI=1S/C13H20N2O3S2/c1-10-6-8-19-13(10)12(16)11-5-4-7-15(9-11)20(17,18)14(2)3/h6,8,11H,4-5,7,9H2,1-3H3/t11-/m1/s1. The van der Waals surface area contributed by atoms with E-state index < -0.39 is 10.2 Å². The van der Waals surface area contributed by atoms with Crippen molar-refractivity contribution in [3.8, 4) is 0 Å². The molecule has 1 aromatic heterocycles. The van der Waals surface area contributed by atoms with E-state index in [2.05, 4.69) is 0 Å². The molecule has 20 heavy (non-hydrogen) atoms. The first-order valence-electron chi connectivity index (χ1n) is 6.60. The van der Waals surface area contributed by atoms with Gasteiger partial charge in [-0.25, -0.2) is 0 Å². The van der Waals surface area contributed by atoms with E-state index in [1.54, 1.807) is 0 Å². The third-order valence-electron chi connectivity index (χ3n) is 3.63. The van der Waals surface area contributed by atoms with E-state index in [1.165, 1.54) is 34.0 Å². The molecule has 1 atom stereocenters. The molecule has 0 radical (unpaired) electrons. The zero-order valence-corrected chi connectivity index (χ0v) is 13.6. The number of hydrogen-bond donors (Lipinski definition) is 0. The highest BCUT2D eigenvalue weighted by Gasteiger charge is 2.34. The van der Waals surface area contributed by atoms with E-state index in [0.29, 0.717) is 6.54 Å². The summed E-state index contributed by atoms with van der Waals surface area (Å²) < 4.78 is 26.9. The van der Waals surface area contributed by atoms with Gasteiger partial charge in [-0.15, -0.1) is 11.3 Å². The number of ketones is 1. The van der Waals surface area contributed by atoms with Crippen molar-refractivity contribution in [3.05, 3.63) is 21.9 Å². The number of piperidine rings is 1. The van der Waals surface area contributed by atoms with Crippen LogP contribution >= 0.6 is 11.3 Å². The van der Waals surface area contributed by atoms with Crippen molar-refractivity contribution in [2.45, 2.75) is 19.8 Å². The van der Waals surface area contributed by atoms with Crippen LogP contribution in [0.1, 0.15) is 28.1 Å². The number of thiophene rings is 1. The lowest BCUT2D eigenvalue weighted by Gasteiger charge is -2.32. The molecule has 0 aromatic carbocycles. The number of carbonyl (C=O) groups is 1. The van der Waals surface area contributed by atoms with Gasteiger partial charge >= 0.3 is 0 Å². The Morgan fingerprint density at radius 1 is 1.45 bits per heavy atom. The van der Waals surface area contributed by atoms with Gasteiger partial charge in [-0.2, -0.15) is 17.0 Å². The minimum Gasteiger partial charge on any atom is -0.293 e. The zero-order valence-electron chi connectivity index (χ0n) is 12.0. The van der Waals surface area contributed by atoms with Gasteiger partial charge in [0.05, 0.1) is 4.88 Å². The van der Waals surface area contributed by atoms with Gasteiger partial charge in [-0.05, 0) is 36.8 Å². The molecule has 2 rings (SSSR count). The molecule has 112 valence electrons. The summed E-state index contributed by atoms with van der Waals surface area (Å²) in [5.74, 6) is -0.146. The Labute approximate surface area is 124 Å². The van der Waals surface area contributed by atoms with Gasteiger partial charge in [0.15, 0.2) is 5.78 Å². The molecule has 1 aliphatic rings. The molecular weight excluding hydrogens is 296 g/mol. The second-order valence-corrected chi connectivity index (χ2v) is 8.34. The van der Waals surface area contributed by atoms with E-state index in [-0.39, 0.29) is 18.2 Å². The highest BCUT2D eigenvalue weighted by Crippen LogP contribution is 2.27. The molecule has 0 bridgehead atoms. The van der Waals surface area contributed by atoms with Gasteiger partial charge in [-0.1, -0.05) is 0 Å². The number of nitrogens with zero attached hydrogens (tertiary/aromatic N) is 2. The third-order valence-corrected chi connectivity index (χ3v) is 6.57. The average molecular weight is 316 g/mol. The highest BCUT2D eigenvalue weighted by atomic mass is 32.2. The molecule has 2 heterocycles. The summed E-state index contributed by atoms with van der Waals surface area (Å²) in [6, 6.07) is 1.93. The Morgan fingerprint density at radius 2 is 2.15 bits per heavy atom. The SMILES string of the molecule is Cc1ccsc1C(=O)[C@@H]1CCCN(S(=O)(=O)N(C)C)C1. The predicted molar refractivity (Wildman–Crippen MR) is 80.3 cm³/mol. The summed E-state index contributed by atoms with van der Waals surface area (Å²) in [6.07, 6.45) is 1.49. The lowest BCUT2D eigenvalue weighted by Crippen LogP contribution is -2.46. The Bertz CT molecular complexity index is 593. The number of aryl methyl sites for hydroxylation is 1. The highest BCUT2D eigenvalue weighted by molar-refractivity contribution is 7.86. The molecule has 0 unspecified atom stereocenters. The van der Waals surface area contributed by atoms with Gasteiger partial charge < -0.3 is 0 Å². The fourth-order valence-electron chi connectivity index (χ4n) is 2.41. The molecule has 1 aromatic rings. The minimum atomic E-state index is -3.43. The Balaban J connectivity index is 2.16. The summed E-state index contributed by atoms with van der Waals surface area (Å²) in [6.45, 7) is 2.70. The van der Waals surface area contributed by atoms with Crippen LogP contribution in [-0.4, -0.2) is 50.0 Å². The van der Waals surface area contributed by atoms with E-state index >= 15 is 0 Å². The third kappa shape index (κ3) is 2.95. The molecule has 0 aliphatic carbocycles. The number of hydrogen-bond acceptors (Lipinski definition) is 4. The molecule has 1 saturated heterocycles. The van der Waals surface area contributed by atoms with Crippen LogP contribution in [0.3, 0.4) is 0 Å². The maximum absolute atomic E-state index is 12.5. The molecule has 5 nitrogen and oxygen atoms in total. The van der Waals surface area contributed by atoms with Crippen LogP contribution in [-0.2, 0) is 10.2 Å². The number of carbonyl (C=O) groups excluding carboxylic acids is 1. The summed E-state index contributed by atoms with van der Waals surface area (Å²) in [4.78, 5) is 13.3. The van der Waals surface area contributed by atoms with Crippen molar-refractivity contribution in [1.82, 2.24) is 8.61 Å². The smallest absolute Gasteiger partial charge is 0.281 e. The van der Waals surface area contributed by atoms with Crippen LogP contribution in [0.4, 0.5) is 0 Å². The van der Waals surface area contributed by atoms with E-state index in [9.17, 15) is 13.2 Å². The molecule has 1 fully saturated rings. The van der Waals surface area contributed by atoms with Crippen LogP contribution in [0.2, 0.25) is 0 Å². The molecule has 0 amide bonds.